The van der Waals surface area contributed by atoms with Crippen molar-refractivity contribution in [1.29, 1.82) is 0 Å². The fraction of sp³-hybridized carbons (Fsp3) is 0.421. The topological polar surface area (TPSA) is 116 Å². The molecule has 5 rings (SSSR count). The van der Waals surface area contributed by atoms with E-state index in [0.29, 0.717) is 39.1 Å². The van der Waals surface area contributed by atoms with Gasteiger partial charge in [0.1, 0.15) is 13.2 Å². The second-order valence-corrected chi connectivity index (χ2v) is 13.2. The van der Waals surface area contributed by atoms with E-state index < -0.39 is 0 Å². The van der Waals surface area contributed by atoms with Crippen molar-refractivity contribution in [2.75, 3.05) is 54.5 Å². The van der Waals surface area contributed by atoms with E-state index in [1.165, 1.54) is 0 Å². The van der Waals surface area contributed by atoms with Gasteiger partial charge in [0.2, 0.25) is 0 Å². The Morgan fingerprint density at radius 3 is 2.04 bits per heavy atom. The van der Waals surface area contributed by atoms with Crippen LogP contribution < -0.4 is 0 Å². The Hall–Kier alpha value is -4.54. The number of H-pyrrole nitrogens is 2. The number of aryl methyl sites for hydroxylation is 3. The number of carbonyl (C=O) groups is 2. The van der Waals surface area contributed by atoms with Crippen LogP contribution in [0.1, 0.15) is 72.6 Å². The number of nitrogens with zero attached hydrogens (tertiary/aromatic N) is 4. The third-order valence-electron chi connectivity index (χ3n) is 8.84. The van der Waals surface area contributed by atoms with Gasteiger partial charge in [-0.15, -0.1) is 0 Å². The van der Waals surface area contributed by atoms with E-state index in [1.807, 2.05) is 44.1 Å². The van der Waals surface area contributed by atoms with Gasteiger partial charge in [0.05, 0.1) is 22.8 Å². The first-order valence-corrected chi connectivity index (χ1v) is 16.6. The van der Waals surface area contributed by atoms with Crippen molar-refractivity contribution >= 4 is 56.8 Å². The Kier molecular flexibility index (Phi) is 11.0. The molecule has 2 aliphatic heterocycles. The van der Waals surface area contributed by atoms with E-state index in [-0.39, 0.29) is 24.8 Å². The fourth-order valence-corrected chi connectivity index (χ4v) is 5.93. The van der Waals surface area contributed by atoms with Crippen molar-refractivity contribution < 1.29 is 19.1 Å². The summed E-state index contributed by atoms with van der Waals surface area (Å²) >= 11 is 0. The Labute approximate surface area is 282 Å². The maximum atomic E-state index is 12.7. The van der Waals surface area contributed by atoms with Gasteiger partial charge in [-0.05, 0) is 139 Å². The van der Waals surface area contributed by atoms with Gasteiger partial charge in [0.15, 0.2) is 0 Å². The fourth-order valence-electron chi connectivity index (χ4n) is 5.93. The number of hydrogen-bond donors (Lipinski definition) is 2. The molecule has 0 amide bonds. The van der Waals surface area contributed by atoms with Gasteiger partial charge in [-0.1, -0.05) is 0 Å². The molecule has 0 spiro atoms. The number of rotatable bonds is 12. The van der Waals surface area contributed by atoms with Crippen LogP contribution in [-0.2, 0) is 25.5 Å². The van der Waals surface area contributed by atoms with Gasteiger partial charge in [0.25, 0.3) is 0 Å². The van der Waals surface area contributed by atoms with Crippen LogP contribution in [0, 0.1) is 13.8 Å². The quantitative estimate of drug-likeness (QED) is 0.218. The molecule has 8 bridgehead atoms. The van der Waals surface area contributed by atoms with Crippen molar-refractivity contribution in [1.82, 2.24) is 29.7 Å². The van der Waals surface area contributed by atoms with Crippen LogP contribution in [0.4, 0.5) is 0 Å². The van der Waals surface area contributed by atoms with Crippen LogP contribution in [0.2, 0.25) is 0 Å². The molecule has 48 heavy (non-hydrogen) atoms. The molecule has 0 unspecified atom stereocenters. The molecule has 3 aromatic rings. The van der Waals surface area contributed by atoms with Crippen LogP contribution in [0.3, 0.4) is 0 Å². The van der Waals surface area contributed by atoms with Gasteiger partial charge in [-0.25, -0.2) is 9.97 Å². The average molecular weight is 653 g/mol. The largest absolute Gasteiger partial charge is 0.464 e. The molecule has 0 fully saturated rings. The lowest BCUT2D eigenvalue weighted by molar-refractivity contribution is -0.144. The smallest absolute Gasteiger partial charge is 0.306 e. The lowest BCUT2D eigenvalue weighted by Crippen LogP contribution is -2.20. The predicted molar refractivity (Wildman–Crippen MR) is 193 cm³/mol. The first-order valence-electron chi connectivity index (χ1n) is 16.6. The highest BCUT2D eigenvalue weighted by atomic mass is 16.5. The summed E-state index contributed by atoms with van der Waals surface area (Å²) in [6.45, 7) is 10.3. The number of allylic oxidation sites excluding steroid dienone is 3. The van der Waals surface area contributed by atoms with E-state index >= 15 is 0 Å². The number of aromatic amines is 2. The van der Waals surface area contributed by atoms with E-state index in [4.69, 9.17) is 19.4 Å². The summed E-state index contributed by atoms with van der Waals surface area (Å²) in [7, 11) is 7.81. The molecule has 254 valence electrons. The molecule has 0 aromatic carbocycles. The number of aromatic nitrogens is 4. The summed E-state index contributed by atoms with van der Waals surface area (Å²) in [5.41, 5.74) is 13.4. The monoisotopic (exact) mass is 652 g/mol. The maximum Gasteiger partial charge on any atom is 0.306 e. The number of carbonyl (C=O) groups excluding carboxylic acids is 2. The lowest BCUT2D eigenvalue weighted by atomic mass is 10.00. The minimum atomic E-state index is -0.234. The highest BCUT2D eigenvalue weighted by molar-refractivity contribution is 5.94. The normalized spacial score (nSPS) is 13.0. The molecule has 0 saturated carbocycles. The highest BCUT2D eigenvalue weighted by Gasteiger charge is 2.20. The second-order valence-electron chi connectivity index (χ2n) is 13.2. The molecule has 3 aromatic heterocycles. The van der Waals surface area contributed by atoms with Crippen molar-refractivity contribution in [2.24, 2.45) is 0 Å². The Morgan fingerprint density at radius 1 is 0.708 bits per heavy atom. The summed E-state index contributed by atoms with van der Waals surface area (Å²) in [6.07, 6.45) is 3.59. The van der Waals surface area contributed by atoms with Crippen LogP contribution in [0.25, 0.3) is 44.9 Å². The number of likely N-dealkylation sites (N-methyl/N-ethyl adjacent to an activating group) is 2. The maximum absolute atomic E-state index is 12.7. The molecule has 10 nitrogen and oxygen atoms in total. The van der Waals surface area contributed by atoms with Crippen molar-refractivity contribution in [3.05, 3.63) is 69.8 Å². The van der Waals surface area contributed by atoms with Gasteiger partial charge in [0, 0.05) is 48.0 Å². The van der Waals surface area contributed by atoms with Crippen molar-refractivity contribution in [2.45, 2.75) is 53.4 Å². The number of nitrogens with one attached hydrogen (secondary N) is 2. The van der Waals surface area contributed by atoms with Gasteiger partial charge >= 0.3 is 11.9 Å². The summed E-state index contributed by atoms with van der Waals surface area (Å²) in [5, 5.41) is 0. The average Bonchev–Trinajstić information content (AvgIpc) is 3.71. The van der Waals surface area contributed by atoms with Crippen LogP contribution >= 0.6 is 0 Å². The summed E-state index contributed by atoms with van der Waals surface area (Å²) in [6, 6.07) is 10.4. The summed E-state index contributed by atoms with van der Waals surface area (Å²) in [5.74, 6) is -0.459. The standard InChI is InChI=1S/C38H48N6O4/c1-23-17-28-20-33-25(3)29(9-11-37(45)47-15-13-43(5)6)35(41-33)22-36-30(10-12-38(46)48-16-14-44(7)8)26(4)34(42-36)21-32-24(2)18-27(40-32)19-31(23)39-28/h17-22,39,41H,9-16H2,1-8H3. The molecular weight excluding hydrogens is 604 g/mol. The molecular formula is C38H48N6O4. The Morgan fingerprint density at radius 2 is 1.38 bits per heavy atom. The van der Waals surface area contributed by atoms with E-state index in [1.54, 1.807) is 0 Å². The summed E-state index contributed by atoms with van der Waals surface area (Å²) < 4.78 is 11.0. The highest BCUT2D eigenvalue weighted by Crippen LogP contribution is 2.35. The Balaban J connectivity index is 1.62. The number of fused-ring (bicyclic) bond motifs is 8. The van der Waals surface area contributed by atoms with E-state index in [0.717, 1.165) is 78.3 Å². The molecule has 0 aliphatic carbocycles. The van der Waals surface area contributed by atoms with Gasteiger partial charge in [-0.2, -0.15) is 0 Å². The molecule has 2 aliphatic rings. The number of ether oxygens (including phenoxy) is 2. The minimum absolute atomic E-state index is 0.225. The first-order chi connectivity index (χ1) is 22.9. The predicted octanol–water partition coefficient (Wildman–Crippen LogP) is 6.35. The number of esters is 2. The lowest BCUT2D eigenvalue weighted by Gasteiger charge is -2.10. The Bertz CT molecular complexity index is 1930. The van der Waals surface area contributed by atoms with Crippen molar-refractivity contribution in [3.63, 3.8) is 0 Å². The van der Waals surface area contributed by atoms with E-state index in [9.17, 15) is 9.59 Å². The first kappa shape index (κ1) is 34.8. The third kappa shape index (κ3) is 8.48. The van der Waals surface area contributed by atoms with Gasteiger partial charge in [-0.3, -0.25) is 9.59 Å². The van der Waals surface area contributed by atoms with Crippen LogP contribution in [-0.4, -0.2) is 96.2 Å². The van der Waals surface area contributed by atoms with E-state index in [2.05, 4.69) is 68.0 Å². The summed E-state index contributed by atoms with van der Waals surface area (Å²) in [4.78, 5) is 46.6. The minimum Gasteiger partial charge on any atom is -0.464 e. The van der Waals surface area contributed by atoms with Gasteiger partial charge < -0.3 is 29.2 Å². The SMILES string of the molecule is CC1=Cc2cc3[nH]c(cc3C)cc3[nH]c(cc4nc(cc1n2)C(C)=C4CCC(=O)OCCN(C)C)c(CCC(=O)OCCN(C)C)c3C. The van der Waals surface area contributed by atoms with Crippen molar-refractivity contribution in [3.8, 4) is 0 Å². The second kappa shape index (κ2) is 15.1. The third-order valence-corrected chi connectivity index (χ3v) is 8.84. The molecule has 10 heteroatoms. The zero-order chi connectivity index (χ0) is 34.5. The molecule has 0 radical (unpaired) electrons. The molecule has 5 heterocycles. The van der Waals surface area contributed by atoms with Crippen LogP contribution in [0.5, 0.6) is 0 Å². The zero-order valence-corrected chi connectivity index (χ0v) is 29.5. The molecule has 2 N–H and O–H groups in total. The molecule has 0 saturated heterocycles. The molecule has 0 atom stereocenters. The zero-order valence-electron chi connectivity index (χ0n) is 29.5. The number of hydrogen-bond acceptors (Lipinski definition) is 8. The van der Waals surface area contributed by atoms with Crippen LogP contribution in [0.15, 0.2) is 30.3 Å².